The van der Waals surface area contributed by atoms with E-state index >= 15 is 0 Å². The van der Waals surface area contributed by atoms with Crippen LogP contribution in [-0.2, 0) is 13.1 Å². The van der Waals surface area contributed by atoms with E-state index < -0.39 is 11.2 Å². The highest BCUT2D eigenvalue weighted by Gasteiger charge is 2.28. The van der Waals surface area contributed by atoms with Crippen LogP contribution < -0.4 is 17.0 Å². The van der Waals surface area contributed by atoms with E-state index in [0.717, 1.165) is 30.3 Å². The Hall–Kier alpha value is -1.92. The lowest BCUT2D eigenvalue weighted by atomic mass is 10.3. The number of anilines is 1. The number of nitrogen functional groups attached to an aromatic ring is 1. The Labute approximate surface area is 109 Å². The van der Waals surface area contributed by atoms with Crippen molar-refractivity contribution in [1.29, 1.82) is 0 Å². The number of hydrogen-bond acceptors (Lipinski definition) is 5. The summed E-state index contributed by atoms with van der Waals surface area (Å²) < 4.78 is 2.45. The van der Waals surface area contributed by atoms with Crippen LogP contribution >= 0.6 is 0 Å². The standard InChI is InChI=1S/C12H16N4O3/c13-10-9(14-19)11(17)16(6-8-3-4-8)12(18)15(10)5-7-1-2-7/h7-8H,1-6,13H2. The third-order valence-electron chi connectivity index (χ3n) is 3.81. The van der Waals surface area contributed by atoms with E-state index in [9.17, 15) is 14.5 Å². The van der Waals surface area contributed by atoms with Gasteiger partial charge in [-0.25, -0.2) is 4.79 Å². The first-order valence-electron chi connectivity index (χ1n) is 6.58. The molecule has 0 bridgehead atoms. The van der Waals surface area contributed by atoms with Gasteiger partial charge in [0.1, 0.15) is 5.82 Å². The minimum atomic E-state index is -0.656. The number of nitroso groups, excluding NO2 is 1. The Morgan fingerprint density at radius 1 is 1.05 bits per heavy atom. The largest absolute Gasteiger partial charge is 0.383 e. The van der Waals surface area contributed by atoms with Crippen molar-refractivity contribution in [2.24, 2.45) is 17.0 Å². The van der Waals surface area contributed by atoms with Gasteiger partial charge in [0.05, 0.1) is 0 Å². The summed E-state index contributed by atoms with van der Waals surface area (Å²) in [4.78, 5) is 35.1. The summed E-state index contributed by atoms with van der Waals surface area (Å²) in [5.41, 5.74) is 4.35. The van der Waals surface area contributed by atoms with E-state index in [1.165, 1.54) is 4.57 Å². The van der Waals surface area contributed by atoms with Crippen molar-refractivity contribution in [2.45, 2.75) is 38.8 Å². The highest BCUT2D eigenvalue weighted by molar-refractivity contribution is 5.55. The molecule has 0 saturated heterocycles. The Morgan fingerprint density at radius 3 is 2.05 bits per heavy atom. The molecule has 2 N–H and O–H groups in total. The fraction of sp³-hybridized carbons (Fsp3) is 0.667. The maximum absolute atomic E-state index is 12.3. The molecule has 1 aromatic heterocycles. The molecule has 19 heavy (non-hydrogen) atoms. The molecule has 0 atom stereocenters. The Kier molecular flexibility index (Phi) is 2.76. The molecule has 0 aliphatic heterocycles. The summed E-state index contributed by atoms with van der Waals surface area (Å²) in [7, 11) is 0. The molecule has 0 spiro atoms. The van der Waals surface area contributed by atoms with Gasteiger partial charge in [-0.3, -0.25) is 13.9 Å². The first-order chi connectivity index (χ1) is 9.11. The van der Waals surface area contributed by atoms with E-state index in [1.54, 1.807) is 0 Å². The van der Waals surface area contributed by atoms with Crippen molar-refractivity contribution in [1.82, 2.24) is 9.13 Å². The normalized spacial score (nSPS) is 18.5. The summed E-state index contributed by atoms with van der Waals surface area (Å²) in [5, 5.41) is 2.72. The van der Waals surface area contributed by atoms with Crippen molar-refractivity contribution >= 4 is 11.5 Å². The van der Waals surface area contributed by atoms with E-state index in [1.807, 2.05) is 0 Å². The smallest absolute Gasteiger partial charge is 0.332 e. The lowest BCUT2D eigenvalue weighted by Gasteiger charge is -2.13. The summed E-state index contributed by atoms with van der Waals surface area (Å²) in [6.07, 6.45) is 4.14. The van der Waals surface area contributed by atoms with E-state index in [2.05, 4.69) is 5.18 Å². The second-order valence-electron chi connectivity index (χ2n) is 5.52. The van der Waals surface area contributed by atoms with E-state index in [0.29, 0.717) is 24.9 Å². The van der Waals surface area contributed by atoms with Crippen molar-refractivity contribution in [3.05, 3.63) is 25.7 Å². The third-order valence-corrected chi connectivity index (χ3v) is 3.81. The summed E-state index contributed by atoms with van der Waals surface area (Å²) in [6, 6.07) is 0. The molecule has 2 aliphatic carbocycles. The molecule has 0 aromatic carbocycles. The van der Waals surface area contributed by atoms with Gasteiger partial charge in [-0.1, -0.05) is 0 Å². The second kappa shape index (κ2) is 4.32. The van der Waals surface area contributed by atoms with Crippen molar-refractivity contribution < 1.29 is 0 Å². The van der Waals surface area contributed by atoms with Crippen molar-refractivity contribution in [2.75, 3.05) is 5.73 Å². The van der Waals surface area contributed by atoms with Gasteiger partial charge in [-0.15, -0.1) is 4.91 Å². The third kappa shape index (κ3) is 2.20. The summed E-state index contributed by atoms with van der Waals surface area (Å²) >= 11 is 0. The molecule has 0 unspecified atom stereocenters. The molecule has 0 amide bonds. The highest BCUT2D eigenvalue weighted by atomic mass is 16.3. The highest BCUT2D eigenvalue weighted by Crippen LogP contribution is 2.32. The van der Waals surface area contributed by atoms with Crippen LogP contribution in [0.25, 0.3) is 0 Å². The van der Waals surface area contributed by atoms with Gasteiger partial charge in [0.15, 0.2) is 0 Å². The molecule has 2 fully saturated rings. The van der Waals surface area contributed by atoms with Crippen LogP contribution in [-0.4, -0.2) is 9.13 Å². The molecule has 102 valence electrons. The van der Waals surface area contributed by atoms with Gasteiger partial charge in [-0.05, 0) is 42.7 Å². The summed E-state index contributed by atoms with van der Waals surface area (Å²) in [5.74, 6) is 0.693. The second-order valence-corrected chi connectivity index (χ2v) is 5.52. The van der Waals surface area contributed by atoms with Crippen LogP contribution in [0.5, 0.6) is 0 Å². The predicted octanol–water partition coefficient (Wildman–Crippen LogP) is 0.810. The number of aromatic nitrogens is 2. The molecule has 3 rings (SSSR count). The average molecular weight is 264 g/mol. The molecule has 1 aromatic rings. The Bertz CT molecular complexity index is 638. The van der Waals surface area contributed by atoms with Crippen LogP contribution in [0.2, 0.25) is 0 Å². The molecule has 1 heterocycles. The molecule has 7 nitrogen and oxygen atoms in total. The minimum absolute atomic E-state index is 0.0936. The maximum Gasteiger partial charge on any atom is 0.332 e. The van der Waals surface area contributed by atoms with E-state index in [-0.39, 0.29) is 11.5 Å². The van der Waals surface area contributed by atoms with Crippen LogP contribution in [0.15, 0.2) is 14.8 Å². The monoisotopic (exact) mass is 264 g/mol. The Balaban J connectivity index is 2.13. The predicted molar refractivity (Wildman–Crippen MR) is 70.3 cm³/mol. The van der Waals surface area contributed by atoms with E-state index in [4.69, 9.17) is 5.73 Å². The number of rotatable bonds is 5. The first kappa shape index (κ1) is 12.1. The lowest BCUT2D eigenvalue weighted by molar-refractivity contribution is 0.513. The zero-order valence-corrected chi connectivity index (χ0v) is 10.5. The zero-order chi connectivity index (χ0) is 13.6. The number of nitrogens with two attached hydrogens (primary N) is 1. The SMILES string of the molecule is Nc1c(N=O)c(=O)n(CC2CC2)c(=O)n1CC1CC1. The van der Waals surface area contributed by atoms with Crippen molar-refractivity contribution in [3.63, 3.8) is 0 Å². The van der Waals surface area contributed by atoms with Gasteiger partial charge < -0.3 is 5.73 Å². The van der Waals surface area contributed by atoms with Gasteiger partial charge >= 0.3 is 5.69 Å². The minimum Gasteiger partial charge on any atom is -0.383 e. The topological polar surface area (TPSA) is 99.4 Å². The van der Waals surface area contributed by atoms with Gasteiger partial charge in [-0.2, -0.15) is 0 Å². The zero-order valence-electron chi connectivity index (χ0n) is 10.5. The lowest BCUT2D eigenvalue weighted by Crippen LogP contribution is -2.41. The number of nitrogens with zero attached hydrogens (tertiary/aromatic N) is 3. The van der Waals surface area contributed by atoms with Crippen molar-refractivity contribution in [3.8, 4) is 0 Å². The van der Waals surface area contributed by atoms with Gasteiger partial charge in [0.2, 0.25) is 5.69 Å². The number of hydrogen-bond donors (Lipinski definition) is 1. The van der Waals surface area contributed by atoms with Crippen LogP contribution in [0.4, 0.5) is 11.5 Å². The van der Waals surface area contributed by atoms with Crippen LogP contribution in [0.1, 0.15) is 25.7 Å². The molecular formula is C12H16N4O3. The Morgan fingerprint density at radius 2 is 1.58 bits per heavy atom. The molecule has 2 aliphatic rings. The molecule has 2 saturated carbocycles. The van der Waals surface area contributed by atoms with Crippen LogP contribution in [0.3, 0.4) is 0 Å². The molecule has 0 radical (unpaired) electrons. The fourth-order valence-corrected chi connectivity index (χ4v) is 2.24. The van der Waals surface area contributed by atoms with Gasteiger partial charge in [0.25, 0.3) is 5.56 Å². The fourth-order valence-electron chi connectivity index (χ4n) is 2.24. The van der Waals surface area contributed by atoms with Gasteiger partial charge in [0, 0.05) is 13.1 Å². The van der Waals surface area contributed by atoms with Crippen LogP contribution in [0, 0.1) is 16.7 Å². The quantitative estimate of drug-likeness (QED) is 0.795. The first-order valence-corrected chi connectivity index (χ1v) is 6.58. The maximum atomic E-state index is 12.3. The summed E-state index contributed by atoms with van der Waals surface area (Å²) in [6.45, 7) is 0.837. The molecule has 7 heteroatoms. The molecular weight excluding hydrogens is 248 g/mol. The average Bonchev–Trinajstić information content (AvgIpc) is 3.25.